The maximum atomic E-state index is 12.5. The first-order chi connectivity index (χ1) is 12.9. The summed E-state index contributed by atoms with van der Waals surface area (Å²) in [6, 6.07) is 9.77. The third-order valence-corrected chi connectivity index (χ3v) is 4.64. The van der Waals surface area contributed by atoms with Crippen LogP contribution in [0, 0.1) is 0 Å². The van der Waals surface area contributed by atoms with E-state index in [9.17, 15) is 9.59 Å². The van der Waals surface area contributed by atoms with Crippen LogP contribution in [0.25, 0.3) is 0 Å². The number of hydrogen-bond donors (Lipinski definition) is 2. The Morgan fingerprint density at radius 1 is 1.22 bits per heavy atom. The Kier molecular flexibility index (Phi) is 5.98. The second-order valence-corrected chi connectivity index (χ2v) is 6.85. The summed E-state index contributed by atoms with van der Waals surface area (Å²) >= 11 is 18.3. The highest BCUT2D eigenvalue weighted by Gasteiger charge is 2.33. The molecule has 1 aliphatic heterocycles. The molecule has 0 saturated heterocycles. The minimum atomic E-state index is -0.794. The van der Waals surface area contributed by atoms with Crippen molar-refractivity contribution in [3.8, 4) is 0 Å². The second-order valence-electron chi connectivity index (χ2n) is 5.60. The van der Waals surface area contributed by atoms with Crippen LogP contribution >= 0.6 is 34.8 Å². The average molecular weight is 428 g/mol. The Morgan fingerprint density at radius 2 is 1.93 bits per heavy atom. The fraction of sp³-hybridized carbons (Fsp3) is 0.118. The van der Waals surface area contributed by atoms with Crippen molar-refractivity contribution in [2.24, 2.45) is 11.0 Å². The third-order valence-electron chi connectivity index (χ3n) is 3.84. The third kappa shape index (κ3) is 4.07. The minimum Gasteiger partial charge on any atom is -0.329 e. The number of anilines is 2. The number of benzene rings is 2. The van der Waals surface area contributed by atoms with E-state index in [-0.39, 0.29) is 28.1 Å². The van der Waals surface area contributed by atoms with Gasteiger partial charge in [-0.15, -0.1) is 0 Å². The lowest BCUT2D eigenvalue weighted by atomic mass is 10.0. The summed E-state index contributed by atoms with van der Waals surface area (Å²) in [5.74, 6) is 5.10. The van der Waals surface area contributed by atoms with Crippen LogP contribution in [0.15, 0.2) is 41.5 Å². The molecule has 0 bridgehead atoms. The molecule has 0 fully saturated rings. The van der Waals surface area contributed by atoms with Gasteiger partial charge in [0.1, 0.15) is 11.8 Å². The smallest absolute Gasteiger partial charge is 0.253 e. The van der Waals surface area contributed by atoms with Crippen molar-refractivity contribution < 1.29 is 14.4 Å². The van der Waals surface area contributed by atoms with Crippen LogP contribution in [0.4, 0.5) is 11.4 Å². The van der Waals surface area contributed by atoms with Crippen LogP contribution < -0.4 is 16.2 Å². The Bertz CT molecular complexity index is 912. The summed E-state index contributed by atoms with van der Waals surface area (Å²) in [6.07, 6.45) is -0.278. The van der Waals surface area contributed by atoms with Gasteiger partial charge in [0.2, 0.25) is 6.41 Å². The van der Waals surface area contributed by atoms with Crippen molar-refractivity contribution in [2.45, 2.75) is 12.5 Å². The van der Waals surface area contributed by atoms with Crippen LogP contribution in [0.2, 0.25) is 15.1 Å². The van der Waals surface area contributed by atoms with E-state index >= 15 is 0 Å². The predicted octanol–water partition coefficient (Wildman–Crippen LogP) is 3.94. The summed E-state index contributed by atoms with van der Waals surface area (Å²) in [4.78, 5) is 28.2. The molecule has 2 amide bonds. The van der Waals surface area contributed by atoms with Crippen molar-refractivity contribution in [2.75, 3.05) is 10.3 Å². The maximum Gasteiger partial charge on any atom is 0.253 e. The zero-order valence-electron chi connectivity index (χ0n) is 13.7. The molecular weight excluding hydrogens is 415 g/mol. The van der Waals surface area contributed by atoms with Crippen LogP contribution in [0.1, 0.15) is 18.1 Å². The van der Waals surface area contributed by atoms with E-state index in [0.29, 0.717) is 28.4 Å². The lowest BCUT2D eigenvalue weighted by Crippen LogP contribution is -2.21. The van der Waals surface area contributed by atoms with Gasteiger partial charge >= 0.3 is 0 Å². The van der Waals surface area contributed by atoms with E-state index in [1.165, 1.54) is 12.1 Å². The van der Waals surface area contributed by atoms with Crippen molar-refractivity contribution in [3.63, 3.8) is 0 Å². The number of nitrogens with zero attached hydrogens (tertiary/aromatic N) is 2. The lowest BCUT2D eigenvalue weighted by Gasteiger charge is -2.16. The Labute approximate surface area is 169 Å². The van der Waals surface area contributed by atoms with Gasteiger partial charge in [0.25, 0.3) is 5.91 Å². The molecule has 0 saturated carbocycles. The number of nitrogens with two attached hydrogens (primary N) is 1. The highest BCUT2D eigenvalue weighted by Crippen LogP contribution is 2.39. The van der Waals surface area contributed by atoms with Gasteiger partial charge in [-0.3, -0.25) is 14.4 Å². The molecule has 1 unspecified atom stereocenters. The first-order valence-electron chi connectivity index (χ1n) is 7.65. The first kappa shape index (κ1) is 19.6. The Morgan fingerprint density at radius 3 is 2.56 bits per heavy atom. The van der Waals surface area contributed by atoms with E-state index in [1.54, 1.807) is 24.3 Å². The number of carbonyl (C=O) groups excluding carboxylic acids is 2. The normalized spacial score (nSPS) is 14.9. The molecule has 3 rings (SSSR count). The molecule has 0 radical (unpaired) electrons. The molecule has 1 aliphatic rings. The Balaban J connectivity index is 1.97. The number of nitrogens with one attached hydrogen (secondary N) is 1. The monoisotopic (exact) mass is 426 g/mol. The largest absolute Gasteiger partial charge is 0.329 e. The van der Waals surface area contributed by atoms with Crippen LogP contribution in [-0.2, 0) is 14.4 Å². The zero-order chi connectivity index (χ0) is 19.6. The fourth-order valence-electron chi connectivity index (χ4n) is 2.72. The van der Waals surface area contributed by atoms with E-state index in [0.717, 1.165) is 5.01 Å². The summed E-state index contributed by atoms with van der Waals surface area (Å²) in [5.41, 5.74) is 1.77. The molecule has 10 heteroatoms. The molecule has 0 aromatic heterocycles. The number of rotatable bonds is 6. The predicted molar refractivity (Wildman–Crippen MR) is 105 cm³/mol. The van der Waals surface area contributed by atoms with E-state index in [2.05, 4.69) is 10.4 Å². The van der Waals surface area contributed by atoms with Gasteiger partial charge < -0.3 is 5.32 Å². The highest BCUT2D eigenvalue weighted by molar-refractivity contribution is 6.42. The standard InChI is InChI=1S/C17H13Cl3N4O3/c18-10-5-12(19)16(13(20)6-10)24-15(26)7-14(23-24)17(27-21)9-2-1-3-11(4-9)22-8-25/h1-6,8,17H,7,21H2,(H,22,25). The van der Waals surface area contributed by atoms with Crippen LogP contribution in [0.5, 0.6) is 0 Å². The second kappa shape index (κ2) is 8.24. The summed E-state index contributed by atoms with van der Waals surface area (Å²) in [5, 5.41) is 8.67. The summed E-state index contributed by atoms with van der Waals surface area (Å²) in [7, 11) is 0. The van der Waals surface area contributed by atoms with E-state index in [4.69, 9.17) is 45.5 Å². The van der Waals surface area contributed by atoms with E-state index < -0.39 is 6.10 Å². The summed E-state index contributed by atoms with van der Waals surface area (Å²) < 4.78 is 0. The van der Waals surface area contributed by atoms with Crippen LogP contribution in [-0.4, -0.2) is 18.0 Å². The molecular formula is C17H13Cl3N4O3. The van der Waals surface area contributed by atoms with Gasteiger partial charge in [-0.25, -0.2) is 5.90 Å². The van der Waals surface area contributed by atoms with Crippen molar-refractivity contribution >= 4 is 64.2 Å². The van der Waals surface area contributed by atoms with Crippen molar-refractivity contribution in [3.05, 3.63) is 57.0 Å². The molecule has 2 aromatic rings. The minimum absolute atomic E-state index is 0.0392. The van der Waals surface area contributed by atoms with Crippen molar-refractivity contribution in [1.82, 2.24) is 0 Å². The molecule has 140 valence electrons. The quantitative estimate of drug-likeness (QED) is 0.539. The molecule has 27 heavy (non-hydrogen) atoms. The lowest BCUT2D eigenvalue weighted by molar-refractivity contribution is -0.117. The molecule has 1 heterocycles. The highest BCUT2D eigenvalue weighted by atomic mass is 35.5. The van der Waals surface area contributed by atoms with E-state index in [1.807, 2.05) is 0 Å². The summed E-state index contributed by atoms with van der Waals surface area (Å²) in [6.45, 7) is 0. The molecule has 0 spiro atoms. The zero-order valence-corrected chi connectivity index (χ0v) is 15.9. The van der Waals surface area contributed by atoms with Crippen molar-refractivity contribution in [1.29, 1.82) is 0 Å². The Hall–Kier alpha value is -2.16. The number of amides is 2. The SMILES string of the molecule is NOC(C1=NN(c2c(Cl)cc(Cl)cc2Cl)C(=O)C1)c1cccc(NC=O)c1. The molecule has 2 aromatic carbocycles. The fourth-order valence-corrected chi connectivity index (χ4v) is 3.69. The van der Waals surface area contributed by atoms with Gasteiger partial charge in [0.15, 0.2) is 0 Å². The van der Waals surface area contributed by atoms with Gasteiger partial charge in [-0.05, 0) is 29.8 Å². The van der Waals surface area contributed by atoms with Gasteiger partial charge in [-0.2, -0.15) is 10.1 Å². The molecule has 1 atom stereocenters. The first-order valence-corrected chi connectivity index (χ1v) is 8.78. The van der Waals surface area contributed by atoms with Gasteiger partial charge in [0, 0.05) is 10.7 Å². The van der Waals surface area contributed by atoms with Gasteiger partial charge in [-0.1, -0.05) is 46.9 Å². The molecule has 0 aliphatic carbocycles. The average Bonchev–Trinajstić information content (AvgIpc) is 2.96. The number of hydrazone groups is 1. The molecule has 7 nitrogen and oxygen atoms in total. The van der Waals surface area contributed by atoms with Crippen LogP contribution in [0.3, 0.4) is 0 Å². The number of halogens is 3. The molecule has 3 N–H and O–H groups in total. The topological polar surface area (TPSA) is 97.0 Å². The van der Waals surface area contributed by atoms with Gasteiger partial charge in [0.05, 0.1) is 22.2 Å². The number of carbonyl (C=O) groups is 2. The number of hydrogen-bond acceptors (Lipinski definition) is 5. The maximum absolute atomic E-state index is 12.5.